The third-order valence-electron chi connectivity index (χ3n) is 6.78. The molecule has 1 saturated heterocycles. The summed E-state index contributed by atoms with van der Waals surface area (Å²) in [5.41, 5.74) is 2.83. The molecule has 3 heterocycles. The van der Waals surface area contributed by atoms with Gasteiger partial charge in [0.2, 0.25) is 12.7 Å². The van der Waals surface area contributed by atoms with Gasteiger partial charge in [-0.15, -0.1) is 0 Å². The molecule has 3 aromatic rings. The van der Waals surface area contributed by atoms with Gasteiger partial charge in [0, 0.05) is 24.7 Å². The maximum Gasteiger partial charge on any atom is 0.231 e. The highest BCUT2D eigenvalue weighted by Crippen LogP contribution is 2.35. The van der Waals surface area contributed by atoms with Crippen LogP contribution in [-0.4, -0.2) is 49.9 Å². The summed E-state index contributed by atoms with van der Waals surface area (Å²) in [4.78, 5) is 20.3. The number of rotatable bonds is 8. The quantitative estimate of drug-likeness (QED) is 0.513. The average molecular weight is 490 g/mol. The van der Waals surface area contributed by atoms with E-state index < -0.39 is 0 Å². The fraction of sp³-hybridized carbons (Fsp3) is 0.357. The molecule has 0 radical (unpaired) electrons. The summed E-state index contributed by atoms with van der Waals surface area (Å²) in [5, 5.41) is 3.26. The Bertz CT molecular complexity index is 1170. The first-order valence-corrected chi connectivity index (χ1v) is 12.2. The van der Waals surface area contributed by atoms with E-state index in [0.29, 0.717) is 11.5 Å². The van der Waals surface area contributed by atoms with Crippen LogP contribution in [0.4, 0.5) is 0 Å². The van der Waals surface area contributed by atoms with Gasteiger partial charge in [-0.2, -0.15) is 0 Å². The van der Waals surface area contributed by atoms with Crippen LogP contribution in [0.15, 0.2) is 60.8 Å². The van der Waals surface area contributed by atoms with Gasteiger partial charge in [0.1, 0.15) is 11.5 Å². The van der Waals surface area contributed by atoms with E-state index in [2.05, 4.69) is 15.2 Å². The van der Waals surface area contributed by atoms with Gasteiger partial charge in [-0.1, -0.05) is 12.1 Å². The van der Waals surface area contributed by atoms with E-state index in [1.165, 1.54) is 0 Å². The number of aromatic nitrogens is 1. The van der Waals surface area contributed by atoms with Gasteiger partial charge >= 0.3 is 0 Å². The molecule has 1 atom stereocenters. The second-order valence-electron chi connectivity index (χ2n) is 9.08. The van der Waals surface area contributed by atoms with Crippen LogP contribution < -0.4 is 24.3 Å². The van der Waals surface area contributed by atoms with Crippen molar-refractivity contribution in [3.05, 3.63) is 77.6 Å². The highest BCUT2D eigenvalue weighted by Gasteiger charge is 2.29. The number of amides is 1. The Hall–Kier alpha value is -3.78. The number of likely N-dealkylation sites (tertiary alicyclic amines) is 1. The molecule has 8 nitrogen and oxygen atoms in total. The number of piperidine rings is 1. The number of benzene rings is 2. The summed E-state index contributed by atoms with van der Waals surface area (Å²) in [7, 11) is 3.31. The van der Waals surface area contributed by atoms with E-state index in [4.69, 9.17) is 18.9 Å². The summed E-state index contributed by atoms with van der Waals surface area (Å²) in [6, 6.07) is 17.1. The third-order valence-corrected chi connectivity index (χ3v) is 6.78. The Morgan fingerprint density at radius 1 is 1.03 bits per heavy atom. The largest absolute Gasteiger partial charge is 0.497 e. The van der Waals surface area contributed by atoms with Gasteiger partial charge in [0.05, 0.1) is 26.0 Å². The van der Waals surface area contributed by atoms with Gasteiger partial charge < -0.3 is 24.3 Å². The lowest BCUT2D eigenvalue weighted by atomic mass is 9.94. The van der Waals surface area contributed by atoms with E-state index in [-0.39, 0.29) is 24.7 Å². The lowest BCUT2D eigenvalue weighted by molar-refractivity contribution is -0.127. The van der Waals surface area contributed by atoms with Crippen molar-refractivity contribution in [2.45, 2.75) is 25.4 Å². The molecule has 1 amide bonds. The van der Waals surface area contributed by atoms with Crippen molar-refractivity contribution in [2.75, 3.05) is 34.1 Å². The van der Waals surface area contributed by atoms with Crippen molar-refractivity contribution in [1.29, 1.82) is 0 Å². The second-order valence-corrected chi connectivity index (χ2v) is 9.08. The molecule has 36 heavy (non-hydrogen) atoms. The fourth-order valence-corrected chi connectivity index (χ4v) is 4.80. The first-order chi connectivity index (χ1) is 17.6. The molecule has 2 aliphatic heterocycles. The Morgan fingerprint density at radius 2 is 1.78 bits per heavy atom. The SMILES string of the molecule is COc1cc(CN2CCC(C(=O)NC(c3ccc4c(c3)OCO4)c3ccccn3)CC2)cc(OC)c1. The lowest BCUT2D eigenvalue weighted by Gasteiger charge is -2.32. The number of hydrogen-bond acceptors (Lipinski definition) is 7. The zero-order valence-corrected chi connectivity index (χ0v) is 20.6. The van der Waals surface area contributed by atoms with E-state index >= 15 is 0 Å². The highest BCUT2D eigenvalue weighted by atomic mass is 16.7. The fourth-order valence-electron chi connectivity index (χ4n) is 4.80. The third kappa shape index (κ3) is 5.39. The van der Waals surface area contributed by atoms with Crippen LogP contribution in [0.5, 0.6) is 23.0 Å². The number of nitrogens with one attached hydrogen (secondary N) is 1. The van der Waals surface area contributed by atoms with Gasteiger partial charge in [-0.3, -0.25) is 14.7 Å². The normalized spacial score (nSPS) is 16.4. The summed E-state index contributed by atoms with van der Waals surface area (Å²) >= 11 is 0. The first kappa shape index (κ1) is 23.9. The van der Waals surface area contributed by atoms with Crippen molar-refractivity contribution >= 4 is 5.91 Å². The Kier molecular flexibility index (Phi) is 7.23. The molecular weight excluding hydrogens is 458 g/mol. The minimum Gasteiger partial charge on any atom is -0.497 e. The molecule has 0 spiro atoms. The molecule has 1 N–H and O–H groups in total. The van der Waals surface area contributed by atoms with E-state index in [9.17, 15) is 4.79 Å². The van der Waals surface area contributed by atoms with Crippen molar-refractivity contribution in [2.24, 2.45) is 5.92 Å². The number of nitrogens with zero attached hydrogens (tertiary/aromatic N) is 2. The molecule has 5 rings (SSSR count). The van der Waals surface area contributed by atoms with Crippen LogP contribution in [0.2, 0.25) is 0 Å². The predicted molar refractivity (Wildman–Crippen MR) is 134 cm³/mol. The topological polar surface area (TPSA) is 82.2 Å². The van der Waals surface area contributed by atoms with Crippen LogP contribution in [0.3, 0.4) is 0 Å². The smallest absolute Gasteiger partial charge is 0.231 e. The van der Waals surface area contributed by atoms with Crippen LogP contribution in [0, 0.1) is 5.92 Å². The lowest BCUT2D eigenvalue weighted by Crippen LogP contribution is -2.41. The minimum atomic E-state index is -0.365. The molecule has 0 bridgehead atoms. The van der Waals surface area contributed by atoms with Gasteiger partial charge in [0.15, 0.2) is 11.5 Å². The highest BCUT2D eigenvalue weighted by molar-refractivity contribution is 5.79. The van der Waals surface area contributed by atoms with Crippen LogP contribution >= 0.6 is 0 Å². The number of ether oxygens (including phenoxy) is 4. The molecule has 0 saturated carbocycles. The maximum absolute atomic E-state index is 13.4. The molecule has 188 valence electrons. The molecule has 1 fully saturated rings. The van der Waals surface area contributed by atoms with Crippen LogP contribution in [-0.2, 0) is 11.3 Å². The first-order valence-electron chi connectivity index (χ1n) is 12.2. The van der Waals surface area contributed by atoms with Crippen molar-refractivity contribution in [3.8, 4) is 23.0 Å². The molecular formula is C28H31N3O5. The monoisotopic (exact) mass is 489 g/mol. The Balaban J connectivity index is 1.24. The van der Waals surface area contributed by atoms with Crippen LogP contribution in [0.1, 0.15) is 35.7 Å². The predicted octanol–water partition coefficient (Wildman–Crippen LogP) is 3.95. The summed E-state index contributed by atoms with van der Waals surface area (Å²) < 4.78 is 21.8. The zero-order chi connectivity index (χ0) is 24.9. The minimum absolute atomic E-state index is 0.0472. The van der Waals surface area contributed by atoms with E-state index in [0.717, 1.165) is 60.8 Å². The van der Waals surface area contributed by atoms with Gasteiger partial charge in [-0.05, 0) is 73.5 Å². The Morgan fingerprint density at radius 3 is 2.47 bits per heavy atom. The Labute approximate surface area is 211 Å². The number of fused-ring (bicyclic) bond motifs is 1. The molecule has 1 aromatic heterocycles. The summed E-state index contributed by atoms with van der Waals surface area (Å²) in [6.07, 6.45) is 3.33. The zero-order valence-electron chi connectivity index (χ0n) is 20.6. The number of methoxy groups -OCH3 is 2. The number of hydrogen-bond donors (Lipinski definition) is 1. The average Bonchev–Trinajstić information content (AvgIpc) is 3.40. The molecule has 8 heteroatoms. The molecule has 1 unspecified atom stereocenters. The molecule has 2 aliphatic rings. The molecule has 0 aliphatic carbocycles. The molecule has 2 aromatic carbocycles. The summed E-state index contributed by atoms with van der Waals surface area (Å²) in [5.74, 6) is 2.95. The number of pyridine rings is 1. The van der Waals surface area contributed by atoms with Crippen LogP contribution in [0.25, 0.3) is 0 Å². The summed E-state index contributed by atoms with van der Waals surface area (Å²) in [6.45, 7) is 2.68. The number of carbonyl (C=O) groups excluding carboxylic acids is 1. The van der Waals surface area contributed by atoms with Gasteiger partial charge in [0.25, 0.3) is 0 Å². The van der Waals surface area contributed by atoms with Crippen molar-refractivity contribution < 1.29 is 23.7 Å². The maximum atomic E-state index is 13.4. The van der Waals surface area contributed by atoms with Crippen molar-refractivity contribution in [1.82, 2.24) is 15.2 Å². The standard InChI is InChI=1S/C28H31N3O5/c1-33-22-13-19(14-23(16-22)34-2)17-31-11-8-20(9-12-31)28(32)30-27(24-5-3-4-10-29-24)21-6-7-25-26(15-21)36-18-35-25/h3-7,10,13-16,20,27H,8-9,11-12,17-18H2,1-2H3,(H,30,32). The van der Waals surface area contributed by atoms with E-state index in [1.807, 2.05) is 54.6 Å². The van der Waals surface area contributed by atoms with E-state index in [1.54, 1.807) is 20.4 Å². The van der Waals surface area contributed by atoms with Crippen molar-refractivity contribution in [3.63, 3.8) is 0 Å². The number of carbonyl (C=O) groups is 1. The second kappa shape index (κ2) is 10.9. The van der Waals surface area contributed by atoms with Gasteiger partial charge in [-0.25, -0.2) is 0 Å².